The number of aromatic nitrogens is 2. The molecule has 0 aliphatic rings. The highest BCUT2D eigenvalue weighted by Crippen LogP contribution is 2.16. The molecule has 0 saturated carbocycles. The Morgan fingerprint density at radius 3 is 2.87 bits per heavy atom. The lowest BCUT2D eigenvalue weighted by atomic mass is 10.2. The average molecular weight is 205 g/mol. The maximum absolute atomic E-state index is 13.0. The van der Waals surface area contributed by atoms with Gasteiger partial charge in [0.15, 0.2) is 0 Å². The molecule has 0 unspecified atom stereocenters. The van der Waals surface area contributed by atoms with Crippen molar-refractivity contribution in [3.63, 3.8) is 0 Å². The van der Waals surface area contributed by atoms with Gasteiger partial charge in [0, 0.05) is 17.1 Å². The molecule has 0 saturated heterocycles. The number of nitrogens with zero attached hydrogens (tertiary/aromatic N) is 2. The Labute approximate surface area is 87.4 Å². The fraction of sp³-hybridized carbons (Fsp3) is 0.273. The molecular weight excluding hydrogens is 193 g/mol. The highest BCUT2D eigenvalue weighted by atomic mass is 19.1. The number of aryl methyl sites for hydroxylation is 1. The number of hydrogen-bond donors (Lipinski definition) is 1. The zero-order chi connectivity index (χ0) is 10.8. The van der Waals surface area contributed by atoms with Crippen LogP contribution in [0.1, 0.15) is 11.5 Å². The van der Waals surface area contributed by atoms with Crippen LogP contribution in [0.5, 0.6) is 0 Å². The van der Waals surface area contributed by atoms with Gasteiger partial charge in [-0.1, -0.05) is 0 Å². The number of benzene rings is 1. The molecule has 2 aromatic rings. The quantitative estimate of drug-likeness (QED) is 0.812. The van der Waals surface area contributed by atoms with E-state index in [2.05, 4.69) is 15.3 Å². The summed E-state index contributed by atoms with van der Waals surface area (Å²) in [7, 11) is 1.83. The van der Waals surface area contributed by atoms with Gasteiger partial charge in [-0.3, -0.25) is 0 Å². The molecule has 15 heavy (non-hydrogen) atoms. The van der Waals surface area contributed by atoms with Crippen molar-refractivity contribution in [3.8, 4) is 0 Å². The van der Waals surface area contributed by atoms with Crippen LogP contribution in [0.15, 0.2) is 18.2 Å². The Balaban J connectivity index is 2.63. The Bertz CT molecular complexity index is 496. The van der Waals surface area contributed by atoms with Gasteiger partial charge in [0.05, 0.1) is 12.1 Å². The summed E-state index contributed by atoms with van der Waals surface area (Å²) in [5.41, 5.74) is 1.54. The van der Waals surface area contributed by atoms with Gasteiger partial charge in [0.25, 0.3) is 0 Å². The molecule has 3 nitrogen and oxygen atoms in total. The predicted octanol–water partition coefficient (Wildman–Crippen LogP) is 1.80. The van der Waals surface area contributed by atoms with Gasteiger partial charge in [0.1, 0.15) is 11.6 Å². The highest BCUT2D eigenvalue weighted by Gasteiger charge is 2.04. The molecule has 0 atom stereocenters. The molecule has 0 aliphatic carbocycles. The van der Waals surface area contributed by atoms with Crippen LogP contribution in [0.2, 0.25) is 0 Å². The van der Waals surface area contributed by atoms with Crippen molar-refractivity contribution >= 4 is 10.9 Å². The predicted molar refractivity (Wildman–Crippen MR) is 57.0 cm³/mol. The summed E-state index contributed by atoms with van der Waals surface area (Å²) in [6, 6.07) is 4.57. The van der Waals surface area contributed by atoms with E-state index < -0.39 is 0 Å². The number of fused-ring (bicyclic) bond motifs is 1. The molecule has 0 aliphatic heterocycles. The second kappa shape index (κ2) is 3.90. The van der Waals surface area contributed by atoms with Crippen LogP contribution in [0.25, 0.3) is 10.9 Å². The Morgan fingerprint density at radius 1 is 1.33 bits per heavy atom. The molecule has 2 rings (SSSR count). The van der Waals surface area contributed by atoms with E-state index in [0.717, 1.165) is 11.1 Å². The van der Waals surface area contributed by atoms with Crippen LogP contribution in [-0.4, -0.2) is 17.0 Å². The zero-order valence-electron chi connectivity index (χ0n) is 8.71. The number of rotatable bonds is 2. The number of hydrogen-bond acceptors (Lipinski definition) is 3. The molecule has 0 bridgehead atoms. The van der Waals surface area contributed by atoms with E-state index in [1.54, 1.807) is 6.07 Å². The zero-order valence-corrected chi connectivity index (χ0v) is 8.71. The van der Waals surface area contributed by atoms with Crippen LogP contribution in [-0.2, 0) is 6.54 Å². The Morgan fingerprint density at radius 2 is 2.13 bits per heavy atom. The largest absolute Gasteiger partial charge is 0.313 e. The van der Waals surface area contributed by atoms with Crippen molar-refractivity contribution in [2.75, 3.05) is 7.05 Å². The summed E-state index contributed by atoms with van der Waals surface area (Å²) >= 11 is 0. The summed E-state index contributed by atoms with van der Waals surface area (Å²) in [5.74, 6) is 0.420. The second-order valence-corrected chi connectivity index (χ2v) is 3.42. The average Bonchev–Trinajstić information content (AvgIpc) is 2.17. The van der Waals surface area contributed by atoms with Gasteiger partial charge in [0.2, 0.25) is 0 Å². The van der Waals surface area contributed by atoms with Gasteiger partial charge in [-0.05, 0) is 26.1 Å². The van der Waals surface area contributed by atoms with Crippen molar-refractivity contribution in [2.24, 2.45) is 0 Å². The maximum Gasteiger partial charge on any atom is 0.143 e. The second-order valence-electron chi connectivity index (χ2n) is 3.42. The lowest BCUT2D eigenvalue weighted by molar-refractivity contribution is 0.629. The van der Waals surface area contributed by atoms with Gasteiger partial charge in [-0.15, -0.1) is 0 Å². The summed E-state index contributed by atoms with van der Waals surface area (Å²) in [5, 5.41) is 3.87. The van der Waals surface area contributed by atoms with Crippen molar-refractivity contribution < 1.29 is 4.39 Å². The van der Waals surface area contributed by atoms with Crippen LogP contribution >= 0.6 is 0 Å². The van der Waals surface area contributed by atoms with Crippen molar-refractivity contribution in [1.29, 1.82) is 0 Å². The first-order chi connectivity index (χ1) is 7.20. The molecule has 4 heteroatoms. The highest BCUT2D eigenvalue weighted by molar-refractivity contribution is 5.80. The topological polar surface area (TPSA) is 37.8 Å². The minimum Gasteiger partial charge on any atom is -0.313 e. The van der Waals surface area contributed by atoms with Gasteiger partial charge in [-0.2, -0.15) is 0 Å². The summed E-state index contributed by atoms with van der Waals surface area (Å²) in [6.07, 6.45) is 0. The summed E-state index contributed by atoms with van der Waals surface area (Å²) < 4.78 is 13.0. The molecule has 78 valence electrons. The first-order valence-electron chi connectivity index (χ1n) is 4.78. The molecule has 0 fully saturated rings. The summed E-state index contributed by atoms with van der Waals surface area (Å²) in [4.78, 5) is 8.60. The first kappa shape index (κ1) is 9.98. The normalized spacial score (nSPS) is 10.9. The van der Waals surface area contributed by atoms with E-state index in [9.17, 15) is 4.39 Å². The molecule has 1 heterocycles. The van der Waals surface area contributed by atoms with Crippen molar-refractivity contribution in [3.05, 3.63) is 35.5 Å². The lowest BCUT2D eigenvalue weighted by Crippen LogP contribution is -2.09. The van der Waals surface area contributed by atoms with Crippen LogP contribution in [0.3, 0.4) is 0 Å². The molecule has 0 amide bonds. The number of nitrogens with one attached hydrogen (secondary N) is 1. The molecule has 0 spiro atoms. The minimum absolute atomic E-state index is 0.268. The van der Waals surface area contributed by atoms with E-state index in [-0.39, 0.29) is 5.82 Å². The molecular formula is C11H12FN3. The fourth-order valence-corrected chi connectivity index (χ4v) is 1.56. The third-order valence-corrected chi connectivity index (χ3v) is 2.23. The van der Waals surface area contributed by atoms with Crippen LogP contribution in [0.4, 0.5) is 4.39 Å². The third-order valence-electron chi connectivity index (χ3n) is 2.23. The SMILES string of the molecule is CNCc1nc(C)c2ccc(F)cc2n1. The molecule has 0 radical (unpaired) electrons. The number of halogens is 1. The Hall–Kier alpha value is -1.55. The van der Waals surface area contributed by atoms with E-state index in [1.807, 2.05) is 14.0 Å². The molecule has 1 aromatic carbocycles. The monoisotopic (exact) mass is 205 g/mol. The lowest BCUT2D eigenvalue weighted by Gasteiger charge is -2.04. The standard InChI is InChI=1S/C11H12FN3/c1-7-9-4-3-8(12)5-10(9)15-11(14-7)6-13-2/h3-5,13H,6H2,1-2H3. The molecule has 1 N–H and O–H groups in total. The van der Waals surface area contributed by atoms with Crippen molar-refractivity contribution in [1.82, 2.24) is 15.3 Å². The van der Waals surface area contributed by atoms with Gasteiger partial charge in [-0.25, -0.2) is 14.4 Å². The Kier molecular flexibility index (Phi) is 2.60. The first-order valence-corrected chi connectivity index (χ1v) is 4.78. The van der Waals surface area contributed by atoms with Gasteiger partial charge >= 0.3 is 0 Å². The minimum atomic E-state index is -0.268. The third kappa shape index (κ3) is 1.94. The van der Waals surface area contributed by atoms with Crippen LogP contribution in [0, 0.1) is 12.7 Å². The molecule has 1 aromatic heterocycles. The van der Waals surface area contributed by atoms with Crippen LogP contribution < -0.4 is 5.32 Å². The van der Waals surface area contributed by atoms with E-state index in [1.165, 1.54) is 12.1 Å². The van der Waals surface area contributed by atoms with E-state index in [0.29, 0.717) is 17.9 Å². The summed E-state index contributed by atoms with van der Waals surface area (Å²) in [6.45, 7) is 2.49. The van der Waals surface area contributed by atoms with E-state index >= 15 is 0 Å². The maximum atomic E-state index is 13.0. The fourth-order valence-electron chi connectivity index (χ4n) is 1.56. The smallest absolute Gasteiger partial charge is 0.143 e. The van der Waals surface area contributed by atoms with E-state index in [4.69, 9.17) is 0 Å². The van der Waals surface area contributed by atoms with Gasteiger partial charge < -0.3 is 5.32 Å². The van der Waals surface area contributed by atoms with Crippen molar-refractivity contribution in [2.45, 2.75) is 13.5 Å².